The number of aromatic nitrogens is 2. The summed E-state index contributed by atoms with van der Waals surface area (Å²) >= 11 is 0. The molecule has 0 aliphatic carbocycles. The molecule has 1 fully saturated rings. The van der Waals surface area contributed by atoms with Crippen LogP contribution in [0.4, 0.5) is 0 Å². The van der Waals surface area contributed by atoms with Gasteiger partial charge in [0.05, 0.1) is 11.8 Å². The summed E-state index contributed by atoms with van der Waals surface area (Å²) in [5.41, 5.74) is 2.43. The van der Waals surface area contributed by atoms with Gasteiger partial charge in [0.2, 0.25) is 0 Å². The Labute approximate surface area is 117 Å². The van der Waals surface area contributed by atoms with Crippen molar-refractivity contribution in [3.63, 3.8) is 0 Å². The highest BCUT2D eigenvalue weighted by molar-refractivity contribution is 5.39. The first kappa shape index (κ1) is 13.3. The largest absolute Gasteiger partial charge is 0.392 e. The van der Waals surface area contributed by atoms with Crippen molar-refractivity contribution >= 4 is 5.65 Å². The van der Waals surface area contributed by atoms with Crippen molar-refractivity contribution in [1.29, 1.82) is 0 Å². The maximum atomic E-state index is 12.1. The Morgan fingerprint density at radius 2 is 2.30 bits per heavy atom. The minimum Gasteiger partial charge on any atom is -0.392 e. The molecule has 0 radical (unpaired) electrons. The third-order valence-corrected chi connectivity index (χ3v) is 3.73. The molecule has 1 aliphatic heterocycles. The lowest BCUT2D eigenvalue weighted by atomic mass is 10.1. The summed E-state index contributed by atoms with van der Waals surface area (Å²) in [6.45, 7) is 4.19. The van der Waals surface area contributed by atoms with E-state index in [4.69, 9.17) is 0 Å². The van der Waals surface area contributed by atoms with Crippen LogP contribution in [0.3, 0.4) is 0 Å². The van der Waals surface area contributed by atoms with Gasteiger partial charge in [-0.2, -0.15) is 0 Å². The summed E-state index contributed by atoms with van der Waals surface area (Å²) in [5, 5.41) is 9.69. The summed E-state index contributed by atoms with van der Waals surface area (Å²) in [7, 11) is 0. The van der Waals surface area contributed by atoms with E-state index in [0.29, 0.717) is 18.7 Å². The number of rotatable bonds is 2. The summed E-state index contributed by atoms with van der Waals surface area (Å²) in [6.07, 6.45) is 3.41. The molecule has 2 aromatic rings. The molecule has 0 aromatic carbocycles. The number of hydrogen-bond donors (Lipinski definition) is 1. The number of pyridine rings is 1. The van der Waals surface area contributed by atoms with Crippen molar-refractivity contribution in [2.24, 2.45) is 0 Å². The lowest BCUT2D eigenvalue weighted by Crippen LogP contribution is -2.38. The average Bonchev–Trinajstić information content (AvgIpc) is 2.40. The van der Waals surface area contributed by atoms with E-state index in [1.807, 2.05) is 19.1 Å². The van der Waals surface area contributed by atoms with Crippen LogP contribution < -0.4 is 5.56 Å². The SMILES string of the molecule is Cc1ccc2nc(CN3CCC[C@H](O)C3)cc(=O)n2c1. The summed E-state index contributed by atoms with van der Waals surface area (Å²) in [5.74, 6) is 0. The molecule has 0 spiro atoms. The number of nitrogens with zero attached hydrogens (tertiary/aromatic N) is 3. The van der Waals surface area contributed by atoms with Gasteiger partial charge in [-0.25, -0.2) is 4.98 Å². The van der Waals surface area contributed by atoms with E-state index < -0.39 is 0 Å². The Kier molecular flexibility index (Phi) is 3.54. The minimum atomic E-state index is -0.257. The highest BCUT2D eigenvalue weighted by Gasteiger charge is 2.18. The van der Waals surface area contributed by atoms with Gasteiger partial charge in [-0.05, 0) is 37.9 Å². The molecule has 5 nitrogen and oxygen atoms in total. The van der Waals surface area contributed by atoms with Gasteiger partial charge in [-0.3, -0.25) is 14.1 Å². The van der Waals surface area contributed by atoms with Crippen LogP contribution in [0.2, 0.25) is 0 Å². The Morgan fingerprint density at radius 1 is 1.45 bits per heavy atom. The monoisotopic (exact) mass is 273 g/mol. The molecule has 20 heavy (non-hydrogen) atoms. The molecule has 1 atom stereocenters. The molecule has 0 saturated carbocycles. The Bertz CT molecular complexity index is 680. The van der Waals surface area contributed by atoms with Crippen molar-refractivity contribution in [2.75, 3.05) is 13.1 Å². The van der Waals surface area contributed by atoms with E-state index in [9.17, 15) is 9.90 Å². The Balaban J connectivity index is 1.89. The third kappa shape index (κ3) is 2.73. The fourth-order valence-electron chi connectivity index (χ4n) is 2.74. The minimum absolute atomic E-state index is 0.0498. The second kappa shape index (κ2) is 5.34. The number of fused-ring (bicyclic) bond motifs is 1. The molecule has 1 aliphatic rings. The molecular formula is C15H19N3O2. The molecule has 3 heterocycles. The van der Waals surface area contributed by atoms with Crippen molar-refractivity contribution in [1.82, 2.24) is 14.3 Å². The van der Waals surface area contributed by atoms with Crippen molar-refractivity contribution in [3.8, 4) is 0 Å². The molecule has 2 aromatic heterocycles. The number of piperidine rings is 1. The standard InChI is InChI=1S/C15H19N3O2/c1-11-4-5-14-16-12(7-15(20)18(14)8-11)9-17-6-2-3-13(19)10-17/h4-5,7-8,13,19H,2-3,6,9-10H2,1H3/t13-/m0/s1. The van der Waals surface area contributed by atoms with Gasteiger partial charge in [0.15, 0.2) is 0 Å². The normalized spacial score (nSPS) is 20.4. The van der Waals surface area contributed by atoms with E-state index in [0.717, 1.165) is 30.6 Å². The molecule has 1 N–H and O–H groups in total. The number of hydrogen-bond acceptors (Lipinski definition) is 4. The topological polar surface area (TPSA) is 57.8 Å². The van der Waals surface area contributed by atoms with Crippen molar-refractivity contribution in [3.05, 3.63) is 46.0 Å². The first-order valence-corrected chi connectivity index (χ1v) is 7.01. The van der Waals surface area contributed by atoms with Crippen LogP contribution in [-0.2, 0) is 6.54 Å². The fourth-order valence-corrected chi connectivity index (χ4v) is 2.74. The quantitative estimate of drug-likeness (QED) is 0.885. The zero-order valence-electron chi connectivity index (χ0n) is 11.6. The predicted molar refractivity (Wildman–Crippen MR) is 76.7 cm³/mol. The first-order valence-electron chi connectivity index (χ1n) is 7.01. The first-order chi connectivity index (χ1) is 9.61. The van der Waals surface area contributed by atoms with Crippen LogP contribution in [0, 0.1) is 6.92 Å². The van der Waals surface area contributed by atoms with E-state index in [1.54, 1.807) is 16.7 Å². The number of likely N-dealkylation sites (tertiary alicyclic amines) is 1. The maximum Gasteiger partial charge on any atom is 0.258 e. The predicted octanol–water partition coefficient (Wildman–Crippen LogP) is 0.960. The van der Waals surface area contributed by atoms with Crippen LogP contribution >= 0.6 is 0 Å². The number of aryl methyl sites for hydroxylation is 1. The number of aliphatic hydroxyl groups is 1. The Hall–Kier alpha value is -1.72. The molecular weight excluding hydrogens is 254 g/mol. The number of β-amino-alcohol motifs (C(OH)–C–C–N with tert-alkyl or cyclic N) is 1. The van der Waals surface area contributed by atoms with Crippen molar-refractivity contribution in [2.45, 2.75) is 32.4 Å². The Morgan fingerprint density at radius 3 is 3.10 bits per heavy atom. The van der Waals surface area contributed by atoms with Crippen LogP contribution in [0.25, 0.3) is 5.65 Å². The van der Waals surface area contributed by atoms with Crippen LogP contribution in [0.15, 0.2) is 29.2 Å². The average molecular weight is 273 g/mol. The highest BCUT2D eigenvalue weighted by Crippen LogP contribution is 2.12. The fraction of sp³-hybridized carbons (Fsp3) is 0.467. The van der Waals surface area contributed by atoms with E-state index >= 15 is 0 Å². The van der Waals surface area contributed by atoms with Crippen molar-refractivity contribution < 1.29 is 5.11 Å². The zero-order valence-corrected chi connectivity index (χ0v) is 11.6. The van der Waals surface area contributed by atoms with Gasteiger partial charge in [0.1, 0.15) is 5.65 Å². The van der Waals surface area contributed by atoms with Gasteiger partial charge < -0.3 is 5.11 Å². The second-order valence-electron chi connectivity index (χ2n) is 5.55. The van der Waals surface area contributed by atoms with Gasteiger partial charge in [-0.1, -0.05) is 6.07 Å². The zero-order chi connectivity index (χ0) is 14.1. The smallest absolute Gasteiger partial charge is 0.258 e. The van der Waals surface area contributed by atoms with E-state index in [2.05, 4.69) is 9.88 Å². The van der Waals surface area contributed by atoms with Gasteiger partial charge >= 0.3 is 0 Å². The van der Waals surface area contributed by atoms with Crippen LogP contribution in [0.5, 0.6) is 0 Å². The third-order valence-electron chi connectivity index (χ3n) is 3.73. The lowest BCUT2D eigenvalue weighted by Gasteiger charge is -2.29. The summed E-state index contributed by atoms with van der Waals surface area (Å²) in [4.78, 5) is 18.8. The summed E-state index contributed by atoms with van der Waals surface area (Å²) < 4.78 is 1.57. The van der Waals surface area contributed by atoms with Gasteiger partial charge in [-0.15, -0.1) is 0 Å². The summed E-state index contributed by atoms with van der Waals surface area (Å²) in [6, 6.07) is 5.41. The van der Waals surface area contributed by atoms with Crippen LogP contribution in [0.1, 0.15) is 24.1 Å². The maximum absolute atomic E-state index is 12.1. The van der Waals surface area contributed by atoms with Gasteiger partial charge in [0.25, 0.3) is 5.56 Å². The highest BCUT2D eigenvalue weighted by atomic mass is 16.3. The molecule has 0 amide bonds. The lowest BCUT2D eigenvalue weighted by molar-refractivity contribution is 0.0662. The molecule has 0 unspecified atom stereocenters. The van der Waals surface area contributed by atoms with E-state index in [1.165, 1.54) is 0 Å². The van der Waals surface area contributed by atoms with Gasteiger partial charge in [0, 0.05) is 25.4 Å². The number of aliphatic hydroxyl groups excluding tert-OH is 1. The van der Waals surface area contributed by atoms with Crippen LogP contribution in [-0.4, -0.2) is 38.6 Å². The molecule has 0 bridgehead atoms. The molecule has 1 saturated heterocycles. The van der Waals surface area contributed by atoms with E-state index in [-0.39, 0.29) is 11.7 Å². The molecule has 106 valence electrons. The second-order valence-corrected chi connectivity index (χ2v) is 5.55. The molecule has 3 rings (SSSR count). The molecule has 5 heteroatoms.